The Morgan fingerprint density at radius 1 is 1.25 bits per heavy atom. The Morgan fingerprint density at radius 3 is 1.92 bits per heavy atom. The first-order chi connectivity index (χ1) is 4.83. The molecule has 0 aliphatic rings. The molecule has 0 heterocycles. The Balaban J connectivity index is 0. The Labute approximate surface area is 89.7 Å². The van der Waals surface area contributed by atoms with Gasteiger partial charge in [0, 0.05) is 12.2 Å². The number of rotatable bonds is 3. The molecule has 0 aromatic rings. The molecule has 0 saturated heterocycles. The molecule has 0 atom stereocenters. The Morgan fingerprint density at radius 2 is 1.67 bits per heavy atom. The summed E-state index contributed by atoms with van der Waals surface area (Å²) < 4.78 is 63.5. The van der Waals surface area contributed by atoms with E-state index in [2.05, 4.69) is 0 Å². The van der Waals surface area contributed by atoms with Crippen molar-refractivity contribution < 1.29 is 55.7 Å². The number of allylic oxidation sites excluding steroid dienone is 1. The van der Waals surface area contributed by atoms with Gasteiger partial charge < -0.3 is 4.55 Å². The van der Waals surface area contributed by atoms with E-state index in [0.29, 0.717) is 0 Å². The quantitative estimate of drug-likeness (QED) is 0.401. The molecule has 0 amide bonds. The number of hydrogen-bond acceptors (Lipinski definition) is 3. The van der Waals surface area contributed by atoms with Gasteiger partial charge in [0.05, 0.1) is 10.1 Å². The summed E-state index contributed by atoms with van der Waals surface area (Å²) in [5, 5.41) is 0. The molecule has 0 aliphatic heterocycles. The zero-order valence-corrected chi connectivity index (χ0v) is 9.00. The van der Waals surface area contributed by atoms with Crippen LogP contribution in [-0.4, -0.2) is 18.7 Å². The van der Waals surface area contributed by atoms with Gasteiger partial charge in [-0.25, -0.2) is 12.8 Å². The molecular formula is C4H4F3NaO3S. The first-order valence-corrected chi connectivity index (χ1v) is 4.04. The fraction of sp³-hybridized carbons (Fsp3) is 0.500. The number of hydrogen-bond donors (Lipinski definition) is 0. The molecule has 0 N–H and O–H groups in total. The molecule has 0 aromatic carbocycles. The van der Waals surface area contributed by atoms with Crippen LogP contribution in [0.15, 0.2) is 11.9 Å². The van der Waals surface area contributed by atoms with E-state index in [0.717, 1.165) is 0 Å². The van der Waals surface area contributed by atoms with Crippen molar-refractivity contribution in [3.63, 3.8) is 0 Å². The summed E-state index contributed by atoms with van der Waals surface area (Å²) >= 11 is 0. The van der Waals surface area contributed by atoms with Crippen molar-refractivity contribution in [1.82, 2.24) is 0 Å². The van der Waals surface area contributed by atoms with Gasteiger partial charge in [0.1, 0.15) is 0 Å². The maximum atomic E-state index is 11.8. The van der Waals surface area contributed by atoms with Gasteiger partial charge in [0.2, 0.25) is 0 Å². The second-order valence-corrected chi connectivity index (χ2v) is 3.20. The van der Waals surface area contributed by atoms with Gasteiger partial charge in [-0.2, -0.15) is 8.78 Å². The van der Waals surface area contributed by atoms with Crippen molar-refractivity contribution in [3.8, 4) is 0 Å². The van der Waals surface area contributed by atoms with Crippen LogP contribution in [0.25, 0.3) is 0 Å². The average molecular weight is 212 g/mol. The molecule has 8 heteroatoms. The fourth-order valence-electron chi connectivity index (χ4n) is 0.309. The van der Waals surface area contributed by atoms with Gasteiger partial charge in [-0.15, -0.1) is 0 Å². The molecule has 0 fully saturated rings. The minimum Gasteiger partial charge on any atom is -0.748 e. The van der Waals surface area contributed by atoms with Crippen LogP contribution < -0.4 is 29.6 Å². The molecule has 12 heavy (non-hydrogen) atoms. The van der Waals surface area contributed by atoms with Gasteiger partial charge in [-0.1, -0.05) is 0 Å². The second-order valence-electron chi connectivity index (χ2n) is 1.68. The predicted molar refractivity (Wildman–Crippen MR) is 29.5 cm³/mol. The molecule has 0 saturated carbocycles. The molecule has 0 aliphatic carbocycles. The molecule has 0 bridgehead atoms. The maximum absolute atomic E-state index is 11.8. The van der Waals surface area contributed by atoms with Gasteiger partial charge >= 0.3 is 35.6 Å². The number of halogens is 3. The van der Waals surface area contributed by atoms with Gasteiger partial charge in [-0.3, -0.25) is 0 Å². The molecule has 0 spiro atoms. The summed E-state index contributed by atoms with van der Waals surface area (Å²) in [5.41, 5.74) is 0. The monoisotopic (exact) mass is 212 g/mol. The van der Waals surface area contributed by atoms with E-state index in [-0.39, 0.29) is 29.6 Å². The Kier molecular flexibility index (Phi) is 7.44. The van der Waals surface area contributed by atoms with E-state index >= 15 is 0 Å². The summed E-state index contributed by atoms with van der Waals surface area (Å²) in [7, 11) is -4.61. The molecule has 0 unspecified atom stereocenters. The topological polar surface area (TPSA) is 57.2 Å². The van der Waals surface area contributed by atoms with E-state index in [1.54, 1.807) is 0 Å². The first-order valence-electron chi connectivity index (χ1n) is 2.46. The van der Waals surface area contributed by atoms with E-state index in [4.69, 9.17) is 0 Å². The second kappa shape index (κ2) is 5.98. The van der Waals surface area contributed by atoms with E-state index in [9.17, 15) is 26.1 Å². The molecule has 0 rings (SSSR count). The van der Waals surface area contributed by atoms with Crippen molar-refractivity contribution in [2.75, 3.05) is 5.75 Å². The summed E-state index contributed by atoms with van der Waals surface area (Å²) in [4.78, 5) is 0. The smallest absolute Gasteiger partial charge is 0.748 e. The summed E-state index contributed by atoms with van der Waals surface area (Å²) in [6, 6.07) is 0. The largest absolute Gasteiger partial charge is 1.00 e. The van der Waals surface area contributed by atoms with Crippen molar-refractivity contribution in [2.45, 2.75) is 6.42 Å². The third-order valence-electron chi connectivity index (χ3n) is 0.777. The maximum Gasteiger partial charge on any atom is 1.00 e. The molecule has 66 valence electrons. The van der Waals surface area contributed by atoms with Crippen LogP contribution in [0.1, 0.15) is 6.42 Å². The van der Waals surface area contributed by atoms with Gasteiger partial charge in [0.15, 0.2) is 5.83 Å². The van der Waals surface area contributed by atoms with Crippen molar-refractivity contribution >= 4 is 10.1 Å². The Hall–Kier alpha value is 0.440. The predicted octanol–water partition coefficient (Wildman–Crippen LogP) is -2.00. The SMILES string of the molecule is O=S(=O)([O-])CCC(F)=C(F)F.[Na+]. The third kappa shape index (κ3) is 8.54. The molecule has 3 nitrogen and oxygen atoms in total. The normalized spacial score (nSPS) is 10.3. The van der Waals surface area contributed by atoms with Crippen LogP contribution in [0.2, 0.25) is 0 Å². The van der Waals surface area contributed by atoms with Crippen molar-refractivity contribution in [3.05, 3.63) is 11.9 Å². The van der Waals surface area contributed by atoms with Gasteiger partial charge in [-0.05, 0) is 0 Å². The van der Waals surface area contributed by atoms with E-state index in [1.807, 2.05) is 0 Å². The first kappa shape index (κ1) is 14.9. The Bertz CT molecular complexity index is 257. The van der Waals surface area contributed by atoms with Crippen LogP contribution in [0.4, 0.5) is 13.2 Å². The fourth-order valence-corrected chi connectivity index (χ4v) is 0.738. The standard InChI is InChI=1S/C4H5F3O3S.Na/c5-3(4(6)7)1-2-11(8,9)10;/h1-2H2,(H,8,9,10);/q;+1/p-1. The van der Waals surface area contributed by atoms with Crippen LogP contribution in [0, 0.1) is 0 Å². The van der Waals surface area contributed by atoms with Crippen molar-refractivity contribution in [2.24, 2.45) is 0 Å². The molecular weight excluding hydrogens is 208 g/mol. The minimum absolute atomic E-state index is 0. The minimum atomic E-state index is -4.61. The zero-order chi connectivity index (χ0) is 9.07. The van der Waals surface area contributed by atoms with Crippen LogP contribution >= 0.6 is 0 Å². The van der Waals surface area contributed by atoms with Gasteiger partial charge in [0.25, 0.3) is 0 Å². The van der Waals surface area contributed by atoms with E-state index < -0.39 is 34.2 Å². The van der Waals surface area contributed by atoms with E-state index in [1.165, 1.54) is 0 Å². The van der Waals surface area contributed by atoms with Crippen LogP contribution in [0.5, 0.6) is 0 Å². The third-order valence-corrected chi connectivity index (χ3v) is 1.48. The summed E-state index contributed by atoms with van der Waals surface area (Å²) in [5.74, 6) is -3.00. The van der Waals surface area contributed by atoms with Crippen LogP contribution in [0.3, 0.4) is 0 Å². The zero-order valence-electron chi connectivity index (χ0n) is 6.18. The van der Waals surface area contributed by atoms with Crippen LogP contribution in [-0.2, 0) is 10.1 Å². The molecule has 0 aromatic heterocycles. The summed E-state index contributed by atoms with van der Waals surface area (Å²) in [6.07, 6.45) is -3.65. The average Bonchev–Trinajstić information content (AvgIpc) is 1.80. The van der Waals surface area contributed by atoms with Crippen molar-refractivity contribution in [1.29, 1.82) is 0 Å². The summed E-state index contributed by atoms with van der Waals surface area (Å²) in [6.45, 7) is 0. The molecule has 0 radical (unpaired) electrons.